The molecule has 76 valence electrons. The third-order valence-electron chi connectivity index (χ3n) is 2.74. The van der Waals surface area contributed by atoms with Crippen LogP contribution in [0.2, 0.25) is 0 Å². The molecule has 1 nitrogen and oxygen atoms in total. The van der Waals surface area contributed by atoms with Crippen molar-refractivity contribution in [3.8, 4) is 5.75 Å². The topological polar surface area (TPSA) is 9.23 Å². The van der Waals surface area contributed by atoms with Crippen LogP contribution in [0.4, 0.5) is 0 Å². The molecule has 1 aliphatic carbocycles. The minimum atomic E-state index is 0.743. The van der Waals surface area contributed by atoms with Gasteiger partial charge >= 0.3 is 0 Å². The number of benzene rings is 1. The summed E-state index contributed by atoms with van der Waals surface area (Å²) in [5, 5.41) is 1.13. The third-order valence-corrected chi connectivity index (χ3v) is 3.57. The summed E-state index contributed by atoms with van der Waals surface area (Å²) in [6, 6.07) is 8.53. The lowest BCUT2D eigenvalue weighted by Gasteiger charge is -2.04. The van der Waals surface area contributed by atoms with Gasteiger partial charge < -0.3 is 4.74 Å². The molecule has 2 atom stereocenters. The van der Waals surface area contributed by atoms with E-state index < -0.39 is 0 Å². The van der Waals surface area contributed by atoms with Crippen LogP contribution in [0.1, 0.15) is 24.8 Å². The molecule has 1 saturated carbocycles. The Morgan fingerprint density at radius 2 is 2.07 bits per heavy atom. The maximum atomic E-state index is 5.40. The van der Waals surface area contributed by atoms with Crippen LogP contribution in [-0.2, 0) is 0 Å². The summed E-state index contributed by atoms with van der Waals surface area (Å²) >= 11 is 3.53. The smallest absolute Gasteiger partial charge is 0.119 e. The predicted octanol–water partition coefficient (Wildman–Crippen LogP) is 3.58. The first-order valence-corrected chi connectivity index (χ1v) is 6.26. The van der Waals surface area contributed by atoms with Gasteiger partial charge in [-0.05, 0) is 42.9 Å². The fraction of sp³-hybridized carbons (Fsp3) is 0.500. The van der Waals surface area contributed by atoms with E-state index in [4.69, 9.17) is 4.74 Å². The number of hydrogen-bond acceptors (Lipinski definition) is 1. The molecule has 0 aromatic heterocycles. The minimum Gasteiger partial charge on any atom is -0.494 e. The molecule has 1 aliphatic rings. The normalized spacial score (nSPS) is 24.7. The highest BCUT2D eigenvalue weighted by atomic mass is 79.9. The Kier molecular flexibility index (Phi) is 3.12. The molecule has 1 fully saturated rings. The second-order valence-electron chi connectivity index (χ2n) is 3.76. The van der Waals surface area contributed by atoms with Crippen molar-refractivity contribution >= 4 is 15.9 Å². The number of halogens is 1. The van der Waals surface area contributed by atoms with Gasteiger partial charge in [0.15, 0.2) is 0 Å². The maximum Gasteiger partial charge on any atom is 0.119 e. The van der Waals surface area contributed by atoms with E-state index in [9.17, 15) is 0 Å². The van der Waals surface area contributed by atoms with E-state index in [2.05, 4.69) is 40.2 Å². The molecule has 14 heavy (non-hydrogen) atoms. The van der Waals surface area contributed by atoms with Crippen LogP contribution in [-0.4, -0.2) is 11.9 Å². The molecular formula is C12H15BrO. The fourth-order valence-electron chi connectivity index (χ4n) is 1.80. The highest BCUT2D eigenvalue weighted by molar-refractivity contribution is 9.09. The molecule has 0 spiro atoms. The SMILES string of the molecule is CCOc1ccc(C2CC2CBr)cc1. The average Bonchev–Trinajstić information content (AvgIpc) is 2.99. The molecule has 0 aliphatic heterocycles. The van der Waals surface area contributed by atoms with E-state index in [-0.39, 0.29) is 0 Å². The summed E-state index contributed by atoms with van der Waals surface area (Å²) in [7, 11) is 0. The Labute approximate surface area is 93.6 Å². The van der Waals surface area contributed by atoms with Crippen LogP contribution >= 0.6 is 15.9 Å². The molecule has 0 N–H and O–H groups in total. The van der Waals surface area contributed by atoms with Crippen LogP contribution < -0.4 is 4.74 Å². The molecule has 0 amide bonds. The van der Waals surface area contributed by atoms with Gasteiger partial charge in [0, 0.05) is 5.33 Å². The predicted molar refractivity (Wildman–Crippen MR) is 62.3 cm³/mol. The van der Waals surface area contributed by atoms with Gasteiger partial charge in [-0.1, -0.05) is 28.1 Å². The van der Waals surface area contributed by atoms with Gasteiger partial charge in [0.2, 0.25) is 0 Å². The van der Waals surface area contributed by atoms with Gasteiger partial charge in [-0.2, -0.15) is 0 Å². The standard InChI is InChI=1S/C12H15BrO/c1-2-14-11-5-3-9(4-6-11)12-7-10(12)8-13/h3-6,10,12H,2,7-8H2,1H3. The van der Waals surface area contributed by atoms with Crippen LogP contribution in [0.3, 0.4) is 0 Å². The summed E-state index contributed by atoms with van der Waals surface area (Å²) < 4.78 is 5.40. The van der Waals surface area contributed by atoms with Crippen LogP contribution in [0.25, 0.3) is 0 Å². The van der Waals surface area contributed by atoms with Crippen LogP contribution in [0, 0.1) is 5.92 Å². The lowest BCUT2D eigenvalue weighted by molar-refractivity contribution is 0.340. The summed E-state index contributed by atoms with van der Waals surface area (Å²) in [6.07, 6.45) is 1.33. The van der Waals surface area contributed by atoms with E-state index in [0.717, 1.165) is 29.5 Å². The number of hydrogen-bond donors (Lipinski definition) is 0. The fourth-order valence-corrected chi connectivity index (χ4v) is 2.52. The molecular weight excluding hydrogens is 240 g/mol. The molecule has 0 heterocycles. The Hall–Kier alpha value is -0.500. The Balaban J connectivity index is 2.00. The van der Waals surface area contributed by atoms with Crippen LogP contribution in [0.5, 0.6) is 5.75 Å². The first-order valence-electron chi connectivity index (χ1n) is 5.14. The van der Waals surface area contributed by atoms with E-state index in [1.165, 1.54) is 12.0 Å². The summed E-state index contributed by atoms with van der Waals surface area (Å²) in [5.41, 5.74) is 1.46. The first-order chi connectivity index (χ1) is 6.85. The Morgan fingerprint density at radius 3 is 2.57 bits per heavy atom. The Bertz CT molecular complexity index is 294. The second kappa shape index (κ2) is 4.35. The molecule has 1 aromatic rings. The van der Waals surface area contributed by atoms with E-state index in [1.54, 1.807) is 0 Å². The summed E-state index contributed by atoms with van der Waals surface area (Å²) in [6.45, 7) is 2.75. The molecule has 2 rings (SSSR count). The minimum absolute atomic E-state index is 0.743. The summed E-state index contributed by atoms with van der Waals surface area (Å²) in [5.74, 6) is 2.62. The second-order valence-corrected chi connectivity index (χ2v) is 4.41. The average molecular weight is 255 g/mol. The van der Waals surface area contributed by atoms with E-state index in [1.807, 2.05) is 6.92 Å². The zero-order valence-corrected chi connectivity index (χ0v) is 9.96. The molecule has 0 saturated heterocycles. The van der Waals surface area contributed by atoms with Gasteiger partial charge in [0.1, 0.15) is 5.75 Å². The van der Waals surface area contributed by atoms with Crippen molar-refractivity contribution in [2.75, 3.05) is 11.9 Å². The molecule has 1 aromatic carbocycles. The number of rotatable bonds is 4. The monoisotopic (exact) mass is 254 g/mol. The van der Waals surface area contributed by atoms with Gasteiger partial charge in [-0.3, -0.25) is 0 Å². The quantitative estimate of drug-likeness (QED) is 0.747. The van der Waals surface area contributed by atoms with Crippen molar-refractivity contribution < 1.29 is 4.74 Å². The van der Waals surface area contributed by atoms with Crippen molar-refractivity contribution in [3.63, 3.8) is 0 Å². The molecule has 0 radical (unpaired) electrons. The number of alkyl halides is 1. The van der Waals surface area contributed by atoms with Crippen molar-refractivity contribution in [1.29, 1.82) is 0 Å². The van der Waals surface area contributed by atoms with Crippen molar-refractivity contribution in [2.45, 2.75) is 19.3 Å². The van der Waals surface area contributed by atoms with Gasteiger partial charge in [-0.25, -0.2) is 0 Å². The molecule has 0 bridgehead atoms. The lowest BCUT2D eigenvalue weighted by Crippen LogP contribution is -1.91. The first kappa shape index (κ1) is 10.0. The maximum absolute atomic E-state index is 5.40. The Morgan fingerprint density at radius 1 is 1.36 bits per heavy atom. The van der Waals surface area contributed by atoms with Crippen molar-refractivity contribution in [3.05, 3.63) is 29.8 Å². The van der Waals surface area contributed by atoms with Crippen LogP contribution in [0.15, 0.2) is 24.3 Å². The largest absolute Gasteiger partial charge is 0.494 e. The van der Waals surface area contributed by atoms with E-state index >= 15 is 0 Å². The number of ether oxygens (including phenoxy) is 1. The van der Waals surface area contributed by atoms with Gasteiger partial charge in [-0.15, -0.1) is 0 Å². The lowest BCUT2D eigenvalue weighted by atomic mass is 10.1. The zero-order valence-electron chi connectivity index (χ0n) is 8.37. The van der Waals surface area contributed by atoms with Crippen molar-refractivity contribution in [1.82, 2.24) is 0 Å². The molecule has 2 heteroatoms. The van der Waals surface area contributed by atoms with E-state index in [0.29, 0.717) is 0 Å². The van der Waals surface area contributed by atoms with Gasteiger partial charge in [0.05, 0.1) is 6.61 Å². The molecule has 2 unspecified atom stereocenters. The highest BCUT2D eigenvalue weighted by Crippen LogP contribution is 2.48. The van der Waals surface area contributed by atoms with Gasteiger partial charge in [0.25, 0.3) is 0 Å². The third kappa shape index (κ3) is 2.11. The van der Waals surface area contributed by atoms with Crippen molar-refractivity contribution in [2.24, 2.45) is 5.92 Å². The zero-order chi connectivity index (χ0) is 9.97. The summed E-state index contributed by atoms with van der Waals surface area (Å²) in [4.78, 5) is 0. The highest BCUT2D eigenvalue weighted by Gasteiger charge is 2.36.